The van der Waals surface area contributed by atoms with Crippen molar-refractivity contribution >= 4 is 34.7 Å². The number of aliphatic hydroxyl groups excluding tert-OH is 1. The van der Waals surface area contributed by atoms with Crippen LogP contribution in [0.3, 0.4) is 0 Å². The normalized spacial score (nSPS) is 27.5. The molecule has 3 aromatic heterocycles. The number of thiocarbonyl (C=S) groups is 2. The van der Waals surface area contributed by atoms with E-state index < -0.39 is 82.9 Å². The zero-order valence-corrected chi connectivity index (χ0v) is 31.8. The topological polar surface area (TPSA) is 288 Å². The summed E-state index contributed by atoms with van der Waals surface area (Å²) in [6, 6.07) is -0.807. The molecule has 23 heteroatoms. The summed E-state index contributed by atoms with van der Waals surface area (Å²) in [6.07, 6.45) is 0.0541. The Morgan fingerprint density at radius 3 is 1.47 bits per heavy atom. The number of hydrogen-bond donors (Lipinski definition) is 9. The molecule has 6 heterocycles. The smallest absolute Gasteiger partial charge is 0.330 e. The summed E-state index contributed by atoms with van der Waals surface area (Å²) >= 11 is 11.2. The van der Waals surface area contributed by atoms with Gasteiger partial charge in [0.05, 0.1) is 24.3 Å². The maximum absolute atomic E-state index is 12.8. The van der Waals surface area contributed by atoms with Crippen LogP contribution in [0, 0.1) is 20.8 Å². The van der Waals surface area contributed by atoms with Gasteiger partial charge in [-0.1, -0.05) is 0 Å². The molecule has 3 fully saturated rings. The highest BCUT2D eigenvalue weighted by molar-refractivity contribution is 7.80. The van der Waals surface area contributed by atoms with E-state index in [1.807, 2.05) is 0 Å². The number of aromatic amines is 3. The molecule has 298 valence electrons. The summed E-state index contributed by atoms with van der Waals surface area (Å²) in [7, 11) is 0. The summed E-state index contributed by atoms with van der Waals surface area (Å²) in [5.41, 5.74) is 1.61. The zero-order chi connectivity index (χ0) is 39.7. The first-order valence-electron chi connectivity index (χ1n) is 17.6. The largest absolute Gasteiger partial charge is 0.390 e. The van der Waals surface area contributed by atoms with Gasteiger partial charge in [-0.3, -0.25) is 43.0 Å². The lowest BCUT2D eigenvalue weighted by Crippen LogP contribution is -2.60. The van der Waals surface area contributed by atoms with Crippen molar-refractivity contribution < 1.29 is 25.1 Å². The molecule has 9 atom stereocenters. The molecule has 11 N–H and O–H groups in total. The number of ether oxygens (including phenoxy) is 3. The minimum atomic E-state index is -0.940. The Kier molecular flexibility index (Phi) is 12.0. The fraction of sp³-hybridized carbons (Fsp3) is 0.562. The molecular formula is C32H44N11O10S2+. The van der Waals surface area contributed by atoms with Crippen LogP contribution in [0.25, 0.3) is 0 Å². The number of H-pyrrole nitrogens is 3. The Balaban J connectivity index is 1.09. The van der Waals surface area contributed by atoms with E-state index in [4.69, 9.17) is 38.6 Å². The average Bonchev–Trinajstić information content (AvgIpc) is 3.83. The molecule has 3 aliphatic heterocycles. The molecule has 21 nitrogen and oxygen atoms in total. The van der Waals surface area contributed by atoms with Crippen molar-refractivity contribution in [2.45, 2.75) is 95.2 Å². The highest BCUT2D eigenvalue weighted by Crippen LogP contribution is 2.30. The summed E-state index contributed by atoms with van der Waals surface area (Å²) in [6.45, 7) is 5.34. The Morgan fingerprint density at radius 2 is 1.04 bits per heavy atom. The van der Waals surface area contributed by atoms with Crippen molar-refractivity contribution in [1.29, 1.82) is 0 Å². The lowest BCUT2D eigenvalue weighted by atomic mass is 10.1. The fourth-order valence-corrected chi connectivity index (χ4v) is 7.33. The number of rotatable bonds is 10. The van der Waals surface area contributed by atoms with E-state index in [-0.39, 0.29) is 42.2 Å². The third-order valence-electron chi connectivity index (χ3n) is 9.89. The Morgan fingerprint density at radius 1 is 0.673 bits per heavy atom. The highest BCUT2D eigenvalue weighted by Gasteiger charge is 2.40. The van der Waals surface area contributed by atoms with Gasteiger partial charge < -0.3 is 46.3 Å². The van der Waals surface area contributed by atoms with Crippen molar-refractivity contribution in [2.24, 2.45) is 0 Å². The van der Waals surface area contributed by atoms with Crippen LogP contribution in [0.5, 0.6) is 0 Å². The van der Waals surface area contributed by atoms with Gasteiger partial charge in [-0.2, -0.15) is 0 Å². The van der Waals surface area contributed by atoms with Gasteiger partial charge in [0.15, 0.2) is 10.2 Å². The second-order valence-corrected chi connectivity index (χ2v) is 14.6. The van der Waals surface area contributed by atoms with Crippen molar-refractivity contribution in [2.75, 3.05) is 19.6 Å². The average molecular weight is 807 g/mol. The number of aliphatic hydroxyl groups is 1. The SMILES string of the molecule is Cc1cn([C@H]2C[C@H](NC(=S)NC[C@H]3O[C@@H](n4cc(C)c(=O)[nH]c4=O)C[C@@H]3NC(=S)NC[C@H]3O[C@@H](n4cc(C)c(=O)[nH]c4=O)C[C@@H]3O)[C@@H](C[NH3+])O2)c(=O)[nH]c1=O. The second kappa shape index (κ2) is 16.5. The van der Waals surface area contributed by atoms with Gasteiger partial charge >= 0.3 is 17.1 Å². The summed E-state index contributed by atoms with van der Waals surface area (Å²) in [5.74, 6) is 0. The van der Waals surface area contributed by atoms with Gasteiger partial charge in [-0.15, -0.1) is 0 Å². The van der Waals surface area contributed by atoms with Crippen LogP contribution >= 0.6 is 24.4 Å². The van der Waals surface area contributed by atoms with Crippen molar-refractivity contribution in [3.63, 3.8) is 0 Å². The van der Waals surface area contributed by atoms with Gasteiger partial charge in [-0.05, 0) is 45.2 Å². The third kappa shape index (κ3) is 8.87. The highest BCUT2D eigenvalue weighted by atomic mass is 32.1. The molecule has 0 radical (unpaired) electrons. The van der Waals surface area contributed by atoms with E-state index in [9.17, 15) is 33.9 Å². The maximum atomic E-state index is 12.8. The molecule has 0 spiro atoms. The molecule has 0 unspecified atom stereocenters. The number of nitrogens with zero attached hydrogens (tertiary/aromatic N) is 3. The number of quaternary nitrogens is 1. The van der Waals surface area contributed by atoms with Crippen LogP contribution in [0.4, 0.5) is 0 Å². The summed E-state index contributed by atoms with van der Waals surface area (Å²) in [4.78, 5) is 80.2. The molecule has 3 aromatic rings. The first-order chi connectivity index (χ1) is 26.1. The lowest BCUT2D eigenvalue weighted by Gasteiger charge is -2.24. The number of aryl methyl sites for hydroxylation is 3. The molecule has 0 amide bonds. The molecule has 3 saturated heterocycles. The summed E-state index contributed by atoms with van der Waals surface area (Å²) in [5, 5.41) is 23.8. The predicted molar refractivity (Wildman–Crippen MR) is 203 cm³/mol. The Labute approximate surface area is 321 Å². The van der Waals surface area contributed by atoms with Gasteiger partial charge in [-0.25, -0.2) is 14.4 Å². The standard InChI is InChI=1S/C32H43N11O10S2/c1-13-10-41(30(48)38-25(13)45)22-4-16(19(7-33)51-22)36-28(54)34-8-20-17(5-23(52-20)42-11-14(2)26(46)39-31(42)49)37-29(55)35-9-21-18(44)6-24(53-21)43-12-15(3)27(47)40-32(43)50/h10-12,16-24,44H,4-9,33H2,1-3H3,(H2,34,36,54)(H2,35,37,55)(H,38,45,48)(H,39,46,49)(H,40,47,50)/p+1/t16-,17-,18-,19+,20+,21+,22+,23+,24+/m0/s1. The zero-order valence-electron chi connectivity index (χ0n) is 30.2. The second-order valence-electron chi connectivity index (χ2n) is 13.8. The van der Waals surface area contributed by atoms with Crippen LogP contribution in [0.1, 0.15) is 54.6 Å². The molecule has 6 rings (SSSR count). The van der Waals surface area contributed by atoms with E-state index in [0.717, 1.165) is 0 Å². The van der Waals surface area contributed by atoms with Crippen molar-refractivity contribution in [3.8, 4) is 0 Å². The monoisotopic (exact) mass is 806 g/mol. The first kappa shape index (κ1) is 39.9. The fourth-order valence-electron chi connectivity index (χ4n) is 6.86. The van der Waals surface area contributed by atoms with E-state index in [1.165, 1.54) is 32.3 Å². The molecular weight excluding hydrogens is 763 g/mol. The van der Waals surface area contributed by atoms with Crippen molar-refractivity contribution in [3.05, 3.63) is 97.8 Å². The molecule has 0 aliphatic carbocycles. The lowest BCUT2D eigenvalue weighted by molar-refractivity contribution is -0.386. The van der Waals surface area contributed by atoms with Gasteiger partial charge in [0.1, 0.15) is 37.4 Å². The molecule has 3 aliphatic rings. The predicted octanol–water partition coefficient (Wildman–Crippen LogP) is -4.31. The van der Waals surface area contributed by atoms with Crippen LogP contribution in [0.2, 0.25) is 0 Å². The number of hydrogen-bond acceptors (Lipinski definition) is 12. The van der Waals surface area contributed by atoms with Gasteiger partial charge in [0.25, 0.3) is 16.7 Å². The van der Waals surface area contributed by atoms with Crippen LogP contribution in [-0.2, 0) is 14.2 Å². The molecule has 55 heavy (non-hydrogen) atoms. The summed E-state index contributed by atoms with van der Waals surface area (Å²) < 4.78 is 22.2. The van der Waals surface area contributed by atoms with E-state index in [0.29, 0.717) is 29.7 Å². The van der Waals surface area contributed by atoms with E-state index >= 15 is 0 Å². The van der Waals surface area contributed by atoms with E-state index in [1.54, 1.807) is 20.8 Å². The number of nitrogens with one attached hydrogen (secondary N) is 7. The van der Waals surface area contributed by atoms with Crippen molar-refractivity contribution in [1.82, 2.24) is 49.9 Å². The minimum absolute atomic E-state index is 0.0791. The molecule has 0 aromatic carbocycles. The Hall–Kier alpha value is -4.78. The third-order valence-corrected chi connectivity index (χ3v) is 10.4. The van der Waals surface area contributed by atoms with Crippen LogP contribution in [-0.4, -0.2) is 100 Å². The quantitative estimate of drug-likeness (QED) is 0.0876. The number of aromatic nitrogens is 6. The van der Waals surface area contributed by atoms with Gasteiger partial charge in [0, 0.05) is 67.6 Å². The van der Waals surface area contributed by atoms with Crippen LogP contribution in [0.15, 0.2) is 47.4 Å². The van der Waals surface area contributed by atoms with E-state index in [2.05, 4.69) is 42.0 Å². The Bertz CT molecular complexity index is 2300. The maximum Gasteiger partial charge on any atom is 0.330 e. The molecule has 0 bridgehead atoms. The molecule has 0 saturated carbocycles. The first-order valence-corrected chi connectivity index (χ1v) is 18.4. The van der Waals surface area contributed by atoms with Crippen LogP contribution < -0.4 is 60.7 Å². The van der Waals surface area contributed by atoms with Gasteiger partial charge in [0.2, 0.25) is 0 Å². The minimum Gasteiger partial charge on any atom is -0.390 e.